The van der Waals surface area contributed by atoms with E-state index in [0.717, 1.165) is 55.5 Å². The van der Waals surface area contributed by atoms with Gasteiger partial charge in [0.05, 0.1) is 12.2 Å². The third-order valence-electron chi connectivity index (χ3n) is 11.4. The second-order valence-electron chi connectivity index (χ2n) is 16.5. The van der Waals surface area contributed by atoms with Gasteiger partial charge in [0.1, 0.15) is 16.7 Å². The van der Waals surface area contributed by atoms with E-state index in [2.05, 4.69) is 54.5 Å². The van der Waals surface area contributed by atoms with Crippen LogP contribution >= 0.6 is 11.9 Å². The van der Waals surface area contributed by atoms with Crippen LogP contribution in [0.1, 0.15) is 96.3 Å². The molecule has 5 aliphatic rings. The summed E-state index contributed by atoms with van der Waals surface area (Å²) in [6, 6.07) is 9.51. The SMILES string of the molecule is CC(C)(C)CC1CNc2cccc(n2)SNC(=O)c2ccc(N=CC=C(N)OCCC3C4(CC4)C34CC4)nc2N2CC(C1)CC2(C)C. The van der Waals surface area contributed by atoms with Crippen LogP contribution in [-0.4, -0.2) is 47.3 Å². The number of allylic oxidation sites excluding steroid dienone is 1. The first kappa shape index (κ1) is 32.3. The lowest BCUT2D eigenvalue weighted by Crippen LogP contribution is -2.40. The standard InChI is InChI=1S/C37H51N7O2S/c1-34(2,3)20-24-19-25-21-35(4,5)44(23-25)32-26(33(45)43-47-31-8-6-7-29(41-31)40-22-24)9-10-30(42-32)39-17-11-28(38)46-18-12-27-36(13-14-36)37(27)15-16-37/h6-11,17,24-25,27H,12-16,18-23,38H2,1-5H3,(H,40,41)(H,43,45). The van der Waals surface area contributed by atoms with Gasteiger partial charge in [-0.1, -0.05) is 26.8 Å². The molecule has 4 bridgehead atoms. The van der Waals surface area contributed by atoms with E-state index in [-0.39, 0.29) is 16.9 Å². The summed E-state index contributed by atoms with van der Waals surface area (Å²) in [5.41, 5.74) is 8.12. The molecule has 4 fully saturated rings. The molecule has 3 aliphatic carbocycles. The van der Waals surface area contributed by atoms with Crippen molar-refractivity contribution in [2.75, 3.05) is 29.9 Å². The quantitative estimate of drug-likeness (QED) is 0.159. The molecule has 9 nitrogen and oxygen atoms in total. The summed E-state index contributed by atoms with van der Waals surface area (Å²) in [6.07, 6.45) is 13.3. The maximum Gasteiger partial charge on any atom is 0.265 e. The van der Waals surface area contributed by atoms with E-state index in [9.17, 15) is 4.79 Å². The number of aliphatic imine (C=N–C) groups is 1. The molecule has 3 saturated carbocycles. The smallest absolute Gasteiger partial charge is 0.265 e. The predicted molar refractivity (Wildman–Crippen MR) is 190 cm³/mol. The monoisotopic (exact) mass is 657 g/mol. The van der Waals surface area contributed by atoms with Crippen molar-refractivity contribution in [3.63, 3.8) is 0 Å². The highest BCUT2D eigenvalue weighted by Gasteiger charge is 2.85. The molecule has 4 heterocycles. The number of amides is 1. The number of carbonyl (C=O) groups excluding carboxylic acids is 1. The number of nitrogens with one attached hydrogen (secondary N) is 2. The van der Waals surface area contributed by atoms with Gasteiger partial charge in [0.15, 0.2) is 11.7 Å². The van der Waals surface area contributed by atoms with Crippen LogP contribution in [0.2, 0.25) is 0 Å². The van der Waals surface area contributed by atoms with Crippen LogP contribution in [0.25, 0.3) is 0 Å². The number of hydrogen-bond acceptors (Lipinski definition) is 9. The number of ether oxygens (including phenoxy) is 1. The summed E-state index contributed by atoms with van der Waals surface area (Å²) in [5.74, 6) is 3.97. The Morgan fingerprint density at radius 2 is 1.91 bits per heavy atom. The number of pyridine rings is 2. The molecule has 47 heavy (non-hydrogen) atoms. The van der Waals surface area contributed by atoms with E-state index in [1.807, 2.05) is 24.3 Å². The molecule has 2 unspecified atom stereocenters. The molecule has 4 N–H and O–H groups in total. The first-order valence-corrected chi connectivity index (χ1v) is 18.3. The van der Waals surface area contributed by atoms with Crippen LogP contribution in [0.4, 0.5) is 17.5 Å². The van der Waals surface area contributed by atoms with Crippen molar-refractivity contribution in [1.29, 1.82) is 0 Å². The molecule has 2 aromatic rings. The van der Waals surface area contributed by atoms with Crippen molar-refractivity contribution in [2.45, 2.75) is 96.6 Å². The van der Waals surface area contributed by atoms with Gasteiger partial charge < -0.3 is 20.7 Å². The Balaban J connectivity index is 1.10. The van der Waals surface area contributed by atoms with Crippen LogP contribution in [-0.2, 0) is 4.74 Å². The second-order valence-corrected chi connectivity index (χ2v) is 17.4. The van der Waals surface area contributed by atoms with Gasteiger partial charge >= 0.3 is 0 Å². The highest BCUT2D eigenvalue weighted by molar-refractivity contribution is 7.97. The van der Waals surface area contributed by atoms with Gasteiger partial charge in [0.2, 0.25) is 0 Å². The zero-order valence-corrected chi connectivity index (χ0v) is 29.5. The van der Waals surface area contributed by atoms with Gasteiger partial charge in [-0.25, -0.2) is 15.0 Å². The average Bonchev–Trinajstić information content (AvgIpc) is 3.96. The summed E-state index contributed by atoms with van der Waals surface area (Å²) >= 11 is 1.22. The van der Waals surface area contributed by atoms with E-state index in [0.29, 0.717) is 52.4 Å². The Labute approximate surface area is 284 Å². The summed E-state index contributed by atoms with van der Waals surface area (Å²) in [6.45, 7) is 13.8. The predicted octanol–water partition coefficient (Wildman–Crippen LogP) is 7.49. The van der Waals surface area contributed by atoms with Crippen molar-refractivity contribution < 1.29 is 9.53 Å². The van der Waals surface area contributed by atoms with E-state index < -0.39 is 0 Å². The van der Waals surface area contributed by atoms with Gasteiger partial charge in [-0.05, 0) is 123 Å². The first-order valence-electron chi connectivity index (χ1n) is 17.5. The highest BCUT2D eigenvalue weighted by Crippen LogP contribution is 2.93. The van der Waals surface area contributed by atoms with Gasteiger partial charge in [0, 0.05) is 42.9 Å². The fourth-order valence-corrected chi connectivity index (χ4v) is 9.84. The Morgan fingerprint density at radius 1 is 1.15 bits per heavy atom. The first-order chi connectivity index (χ1) is 22.4. The van der Waals surface area contributed by atoms with E-state index >= 15 is 0 Å². The summed E-state index contributed by atoms with van der Waals surface area (Å²) < 4.78 is 8.87. The second kappa shape index (κ2) is 12.0. The molecular formula is C37H51N7O2S. The molecule has 252 valence electrons. The Kier molecular flexibility index (Phi) is 8.25. The van der Waals surface area contributed by atoms with Crippen molar-refractivity contribution >= 4 is 41.5 Å². The molecule has 2 atom stereocenters. The molecule has 7 rings (SSSR count). The van der Waals surface area contributed by atoms with E-state index in [1.165, 1.54) is 37.6 Å². The molecule has 0 radical (unpaired) electrons. The summed E-state index contributed by atoms with van der Waals surface area (Å²) in [4.78, 5) is 30.3. The Morgan fingerprint density at radius 3 is 2.64 bits per heavy atom. The average molecular weight is 658 g/mol. The number of fused-ring (bicyclic) bond motifs is 7. The number of hydrogen-bond donors (Lipinski definition) is 3. The molecule has 10 heteroatoms. The third-order valence-corrected chi connectivity index (χ3v) is 12.1. The van der Waals surface area contributed by atoms with Crippen LogP contribution < -0.4 is 20.7 Å². The van der Waals surface area contributed by atoms with Gasteiger partial charge in [-0.15, -0.1) is 0 Å². The number of nitrogens with zero attached hydrogens (tertiary/aromatic N) is 4. The van der Waals surface area contributed by atoms with Crippen LogP contribution in [0.15, 0.2) is 52.3 Å². The van der Waals surface area contributed by atoms with Crippen LogP contribution in [0.5, 0.6) is 0 Å². The Bertz CT molecular complexity index is 1550. The van der Waals surface area contributed by atoms with Gasteiger partial charge in [0.25, 0.3) is 5.91 Å². The van der Waals surface area contributed by atoms with E-state index in [4.69, 9.17) is 20.4 Å². The molecule has 2 aliphatic heterocycles. The number of rotatable bonds is 7. The van der Waals surface area contributed by atoms with Crippen LogP contribution in [0, 0.1) is 34.0 Å². The van der Waals surface area contributed by atoms with Crippen molar-refractivity contribution in [2.24, 2.45) is 44.7 Å². The highest BCUT2D eigenvalue weighted by atomic mass is 32.2. The third kappa shape index (κ3) is 6.72. The normalized spacial score (nSPS) is 25.9. The zero-order valence-electron chi connectivity index (χ0n) is 28.6. The van der Waals surface area contributed by atoms with Crippen molar-refractivity contribution in [3.05, 3.63) is 47.9 Å². The fourth-order valence-electron chi connectivity index (χ4n) is 9.24. The summed E-state index contributed by atoms with van der Waals surface area (Å²) in [5, 5.41) is 4.33. The van der Waals surface area contributed by atoms with Crippen LogP contribution in [0.3, 0.4) is 0 Å². The van der Waals surface area contributed by atoms with Crippen molar-refractivity contribution in [1.82, 2.24) is 14.7 Å². The van der Waals surface area contributed by atoms with E-state index in [1.54, 1.807) is 18.4 Å². The largest absolute Gasteiger partial charge is 0.479 e. The lowest BCUT2D eigenvalue weighted by atomic mass is 9.79. The van der Waals surface area contributed by atoms with Gasteiger partial charge in [-0.3, -0.25) is 9.52 Å². The molecular weight excluding hydrogens is 607 g/mol. The molecule has 1 amide bonds. The molecule has 0 aromatic carbocycles. The Hall–Kier alpha value is -3.27. The minimum absolute atomic E-state index is 0.178. The van der Waals surface area contributed by atoms with Crippen molar-refractivity contribution in [3.8, 4) is 0 Å². The topological polar surface area (TPSA) is 118 Å². The molecule has 2 spiro atoms. The number of carbonyl (C=O) groups is 1. The summed E-state index contributed by atoms with van der Waals surface area (Å²) in [7, 11) is 0. The number of anilines is 2. The minimum Gasteiger partial charge on any atom is -0.479 e. The number of aromatic nitrogens is 2. The number of nitrogens with two attached hydrogens (primary N) is 1. The maximum absolute atomic E-state index is 13.7. The van der Waals surface area contributed by atoms with Gasteiger partial charge in [-0.2, -0.15) is 0 Å². The lowest BCUT2D eigenvalue weighted by molar-refractivity contribution is 0.0984. The lowest BCUT2D eigenvalue weighted by Gasteiger charge is -2.33. The molecule has 2 aromatic heterocycles. The fraction of sp³-hybridized carbons (Fsp3) is 0.622. The zero-order chi connectivity index (χ0) is 33.0. The maximum atomic E-state index is 13.7. The minimum atomic E-state index is -0.206. The molecule has 1 saturated heterocycles.